The number of aromatic carboxylic acids is 1. The first-order valence-corrected chi connectivity index (χ1v) is 9.00. The highest BCUT2D eigenvalue weighted by Gasteiger charge is 2.35. The van der Waals surface area contributed by atoms with E-state index < -0.39 is 16.2 Å². The van der Waals surface area contributed by atoms with Gasteiger partial charge in [-0.1, -0.05) is 12.1 Å². The number of nitrogens with zero attached hydrogens (tertiary/aromatic N) is 2. The van der Waals surface area contributed by atoms with E-state index in [-0.39, 0.29) is 18.2 Å². The van der Waals surface area contributed by atoms with Gasteiger partial charge >= 0.3 is 5.97 Å². The van der Waals surface area contributed by atoms with Gasteiger partial charge in [-0.15, -0.1) is 0 Å². The minimum atomic E-state index is -3.55. The SMILES string of the molecule is CC1CN(S(=O)(=O)N2CCc3c(cccc3C(=O)O)C2)CCO1. The van der Waals surface area contributed by atoms with E-state index in [1.54, 1.807) is 18.2 Å². The van der Waals surface area contributed by atoms with Gasteiger partial charge in [-0.3, -0.25) is 0 Å². The zero-order valence-electron chi connectivity index (χ0n) is 12.9. The minimum absolute atomic E-state index is 0.116. The summed E-state index contributed by atoms with van der Waals surface area (Å²) in [5, 5.41) is 9.25. The number of hydrogen-bond donors (Lipinski definition) is 1. The summed E-state index contributed by atoms with van der Waals surface area (Å²) >= 11 is 0. The van der Waals surface area contributed by atoms with Crippen LogP contribution in [-0.4, -0.2) is 60.4 Å². The average Bonchev–Trinajstić information content (AvgIpc) is 2.53. The number of benzene rings is 1. The molecule has 1 unspecified atom stereocenters. The van der Waals surface area contributed by atoms with Crippen molar-refractivity contribution in [1.29, 1.82) is 0 Å². The van der Waals surface area contributed by atoms with Gasteiger partial charge in [0, 0.05) is 26.2 Å². The van der Waals surface area contributed by atoms with Crippen LogP contribution in [0.4, 0.5) is 0 Å². The van der Waals surface area contributed by atoms with Gasteiger partial charge in [-0.05, 0) is 30.5 Å². The molecule has 0 radical (unpaired) electrons. The Morgan fingerprint density at radius 1 is 1.30 bits per heavy atom. The molecule has 8 heteroatoms. The first-order chi connectivity index (χ1) is 10.9. The Balaban J connectivity index is 1.84. The Bertz CT molecular complexity index is 719. The monoisotopic (exact) mass is 340 g/mol. The fourth-order valence-electron chi connectivity index (χ4n) is 3.14. The molecular weight excluding hydrogens is 320 g/mol. The van der Waals surface area contributed by atoms with Crippen molar-refractivity contribution in [2.75, 3.05) is 26.2 Å². The van der Waals surface area contributed by atoms with E-state index in [1.165, 1.54) is 8.61 Å². The van der Waals surface area contributed by atoms with Crippen molar-refractivity contribution in [3.63, 3.8) is 0 Å². The maximum Gasteiger partial charge on any atom is 0.335 e. The molecule has 126 valence electrons. The van der Waals surface area contributed by atoms with Gasteiger partial charge in [0.25, 0.3) is 10.2 Å². The lowest BCUT2D eigenvalue weighted by Crippen LogP contribution is -2.51. The van der Waals surface area contributed by atoms with Crippen LogP contribution in [0, 0.1) is 0 Å². The van der Waals surface area contributed by atoms with Crippen molar-refractivity contribution >= 4 is 16.2 Å². The van der Waals surface area contributed by atoms with Gasteiger partial charge in [0.2, 0.25) is 0 Å². The Morgan fingerprint density at radius 3 is 2.78 bits per heavy atom. The second-order valence-electron chi connectivity index (χ2n) is 5.88. The van der Waals surface area contributed by atoms with E-state index in [0.717, 1.165) is 11.1 Å². The summed E-state index contributed by atoms with van der Waals surface area (Å²) in [4.78, 5) is 11.3. The Labute approximate surface area is 135 Å². The Hall–Kier alpha value is -1.48. The Kier molecular flexibility index (Phi) is 4.41. The molecule has 7 nitrogen and oxygen atoms in total. The summed E-state index contributed by atoms with van der Waals surface area (Å²) in [6.07, 6.45) is 0.297. The molecule has 23 heavy (non-hydrogen) atoms. The van der Waals surface area contributed by atoms with Crippen LogP contribution in [0.1, 0.15) is 28.4 Å². The van der Waals surface area contributed by atoms with Crippen molar-refractivity contribution in [3.05, 3.63) is 34.9 Å². The molecule has 2 aliphatic rings. The van der Waals surface area contributed by atoms with Gasteiger partial charge < -0.3 is 9.84 Å². The van der Waals surface area contributed by atoms with Gasteiger partial charge in [0.15, 0.2) is 0 Å². The highest BCUT2D eigenvalue weighted by Crippen LogP contribution is 2.26. The molecule has 0 aromatic heterocycles. The van der Waals surface area contributed by atoms with E-state index in [1.807, 2.05) is 6.92 Å². The van der Waals surface area contributed by atoms with E-state index in [0.29, 0.717) is 32.7 Å². The molecule has 1 atom stereocenters. The molecular formula is C15H20N2O5S. The summed E-state index contributed by atoms with van der Waals surface area (Å²) in [6, 6.07) is 5.02. The van der Waals surface area contributed by atoms with Crippen LogP contribution in [-0.2, 0) is 27.9 Å². The van der Waals surface area contributed by atoms with E-state index in [9.17, 15) is 18.3 Å². The van der Waals surface area contributed by atoms with E-state index in [2.05, 4.69) is 0 Å². The lowest BCUT2D eigenvalue weighted by atomic mass is 9.95. The number of hydrogen-bond acceptors (Lipinski definition) is 4. The first kappa shape index (κ1) is 16.4. The first-order valence-electron chi connectivity index (χ1n) is 7.60. The van der Waals surface area contributed by atoms with Gasteiger partial charge in [-0.2, -0.15) is 17.0 Å². The summed E-state index contributed by atoms with van der Waals surface area (Å²) in [6.45, 7) is 3.46. The van der Waals surface area contributed by atoms with Gasteiger partial charge in [0.1, 0.15) is 0 Å². The van der Waals surface area contributed by atoms with Crippen molar-refractivity contribution in [1.82, 2.24) is 8.61 Å². The second kappa shape index (κ2) is 6.20. The van der Waals surface area contributed by atoms with E-state index >= 15 is 0 Å². The van der Waals surface area contributed by atoms with Crippen LogP contribution in [0.2, 0.25) is 0 Å². The Morgan fingerprint density at radius 2 is 2.09 bits per heavy atom. The fraction of sp³-hybridized carbons (Fsp3) is 0.533. The molecule has 0 saturated carbocycles. The molecule has 0 bridgehead atoms. The number of carboxylic acids is 1. The molecule has 0 spiro atoms. The lowest BCUT2D eigenvalue weighted by Gasteiger charge is -2.36. The van der Waals surface area contributed by atoms with Gasteiger partial charge in [0.05, 0.1) is 18.3 Å². The predicted molar refractivity (Wildman–Crippen MR) is 83.4 cm³/mol. The quantitative estimate of drug-likeness (QED) is 0.875. The number of carboxylic acid groups (broad SMARTS) is 1. The largest absolute Gasteiger partial charge is 0.478 e. The molecule has 1 aromatic carbocycles. The normalized spacial score (nSPS) is 23.4. The highest BCUT2D eigenvalue weighted by molar-refractivity contribution is 7.86. The number of carbonyl (C=O) groups is 1. The maximum absolute atomic E-state index is 12.8. The summed E-state index contributed by atoms with van der Waals surface area (Å²) in [5.41, 5.74) is 1.77. The molecule has 2 heterocycles. The predicted octanol–water partition coefficient (Wildman–Crippen LogP) is 0.708. The molecule has 2 aliphatic heterocycles. The second-order valence-corrected chi connectivity index (χ2v) is 7.81. The summed E-state index contributed by atoms with van der Waals surface area (Å²) in [7, 11) is -3.55. The summed E-state index contributed by atoms with van der Waals surface area (Å²) < 4.78 is 33.9. The van der Waals surface area contributed by atoms with Crippen LogP contribution in [0.3, 0.4) is 0 Å². The molecule has 1 aromatic rings. The molecule has 1 N–H and O–H groups in total. The third kappa shape index (κ3) is 3.12. The average molecular weight is 340 g/mol. The molecule has 0 amide bonds. The zero-order valence-corrected chi connectivity index (χ0v) is 13.8. The molecule has 0 aliphatic carbocycles. The molecule has 1 saturated heterocycles. The van der Waals surface area contributed by atoms with Crippen molar-refractivity contribution in [2.24, 2.45) is 0 Å². The van der Waals surface area contributed by atoms with E-state index in [4.69, 9.17) is 4.74 Å². The van der Waals surface area contributed by atoms with Crippen molar-refractivity contribution in [3.8, 4) is 0 Å². The maximum atomic E-state index is 12.8. The van der Waals surface area contributed by atoms with Crippen molar-refractivity contribution < 1.29 is 23.1 Å². The third-order valence-corrected chi connectivity index (χ3v) is 6.27. The number of rotatable bonds is 3. The number of ether oxygens (including phenoxy) is 1. The number of fused-ring (bicyclic) bond motifs is 1. The van der Waals surface area contributed by atoms with Crippen LogP contribution in [0.5, 0.6) is 0 Å². The van der Waals surface area contributed by atoms with Gasteiger partial charge in [-0.25, -0.2) is 4.79 Å². The smallest absolute Gasteiger partial charge is 0.335 e. The van der Waals surface area contributed by atoms with Crippen LogP contribution in [0.15, 0.2) is 18.2 Å². The highest BCUT2D eigenvalue weighted by atomic mass is 32.2. The molecule has 3 rings (SSSR count). The lowest BCUT2D eigenvalue weighted by molar-refractivity contribution is 0.00811. The van der Waals surface area contributed by atoms with Crippen LogP contribution < -0.4 is 0 Å². The third-order valence-electron chi connectivity index (χ3n) is 4.32. The topological polar surface area (TPSA) is 87.2 Å². The molecule has 1 fully saturated rings. The van der Waals surface area contributed by atoms with Crippen LogP contribution >= 0.6 is 0 Å². The zero-order chi connectivity index (χ0) is 16.6. The standard InChI is InChI=1S/C15H20N2O5S/c1-11-9-17(7-8-22-11)23(20,21)16-6-5-13-12(10-16)3-2-4-14(13)15(18)19/h2-4,11H,5-10H2,1H3,(H,18,19). The summed E-state index contributed by atoms with van der Waals surface area (Å²) in [5.74, 6) is -0.972. The number of morpholine rings is 1. The van der Waals surface area contributed by atoms with Crippen molar-refractivity contribution in [2.45, 2.75) is 26.0 Å². The fourth-order valence-corrected chi connectivity index (χ4v) is 4.79. The minimum Gasteiger partial charge on any atom is -0.478 e. The van der Waals surface area contributed by atoms with Crippen LogP contribution in [0.25, 0.3) is 0 Å².